The van der Waals surface area contributed by atoms with Crippen LogP contribution in [0.15, 0.2) is 4.52 Å². The number of carbonyl (C=O) groups excluding carboxylic acids is 2. The van der Waals surface area contributed by atoms with Crippen LogP contribution in [0.4, 0.5) is 4.79 Å². The third-order valence-electron chi connectivity index (χ3n) is 5.22. The number of rotatable bonds is 8. The standard InChI is InChI=1S/C18H28N4O5/c1-25-16(23)10-19-18(24)22-8-6-14(11-22)17-20-15(21-27-17)7-9-26-12-13-4-2-3-5-13/h13-14H,2-12H2,1H3,(H,19,24). The Morgan fingerprint density at radius 3 is 2.89 bits per heavy atom. The van der Waals surface area contributed by atoms with Gasteiger partial charge >= 0.3 is 12.0 Å². The summed E-state index contributed by atoms with van der Waals surface area (Å²) in [5.74, 6) is 1.46. The number of ether oxygens (including phenoxy) is 2. The van der Waals surface area contributed by atoms with Crippen LogP contribution >= 0.6 is 0 Å². The van der Waals surface area contributed by atoms with E-state index in [0.717, 1.165) is 13.0 Å². The van der Waals surface area contributed by atoms with Gasteiger partial charge in [0.2, 0.25) is 5.89 Å². The molecule has 2 aliphatic rings. The van der Waals surface area contributed by atoms with Crippen molar-refractivity contribution in [3.05, 3.63) is 11.7 Å². The van der Waals surface area contributed by atoms with E-state index in [4.69, 9.17) is 9.26 Å². The van der Waals surface area contributed by atoms with E-state index < -0.39 is 5.97 Å². The van der Waals surface area contributed by atoms with Gasteiger partial charge in [0.15, 0.2) is 5.82 Å². The normalized spacial score (nSPS) is 20.2. The van der Waals surface area contributed by atoms with Crippen molar-refractivity contribution < 1.29 is 23.6 Å². The number of nitrogens with zero attached hydrogens (tertiary/aromatic N) is 3. The van der Waals surface area contributed by atoms with Crippen molar-refractivity contribution in [3.63, 3.8) is 0 Å². The van der Waals surface area contributed by atoms with E-state index in [-0.39, 0.29) is 18.5 Å². The van der Waals surface area contributed by atoms with Crippen LogP contribution in [0.25, 0.3) is 0 Å². The summed E-state index contributed by atoms with van der Waals surface area (Å²) >= 11 is 0. The number of urea groups is 1. The molecule has 0 spiro atoms. The Balaban J connectivity index is 1.38. The van der Waals surface area contributed by atoms with Gasteiger partial charge in [-0.2, -0.15) is 4.98 Å². The molecule has 1 aromatic rings. The molecule has 0 bridgehead atoms. The van der Waals surface area contributed by atoms with Crippen LogP contribution in [-0.2, 0) is 20.7 Å². The zero-order chi connectivity index (χ0) is 19.1. The van der Waals surface area contributed by atoms with E-state index >= 15 is 0 Å². The topological polar surface area (TPSA) is 107 Å². The lowest BCUT2D eigenvalue weighted by molar-refractivity contribution is -0.139. The van der Waals surface area contributed by atoms with Crippen molar-refractivity contribution in [1.82, 2.24) is 20.4 Å². The molecule has 1 aliphatic heterocycles. The summed E-state index contributed by atoms with van der Waals surface area (Å²) in [5, 5.41) is 6.56. The second-order valence-corrected chi connectivity index (χ2v) is 7.19. The molecular formula is C18H28N4O5. The molecule has 1 N–H and O–H groups in total. The van der Waals surface area contributed by atoms with Gasteiger partial charge in [-0.05, 0) is 25.2 Å². The number of likely N-dealkylation sites (tertiary alicyclic amines) is 1. The number of amides is 2. The Labute approximate surface area is 158 Å². The first-order valence-corrected chi connectivity index (χ1v) is 9.65. The lowest BCUT2D eigenvalue weighted by Gasteiger charge is -2.16. The molecule has 2 fully saturated rings. The first-order valence-electron chi connectivity index (χ1n) is 9.65. The number of esters is 1. The number of nitrogens with one attached hydrogen (secondary N) is 1. The molecule has 1 saturated heterocycles. The highest BCUT2D eigenvalue weighted by Gasteiger charge is 2.31. The molecule has 1 atom stereocenters. The SMILES string of the molecule is COC(=O)CNC(=O)N1CCC(c2nc(CCOCC3CCCC3)no2)C1. The molecule has 0 aromatic carbocycles. The van der Waals surface area contributed by atoms with Gasteiger partial charge in [-0.15, -0.1) is 0 Å². The average molecular weight is 380 g/mol. The van der Waals surface area contributed by atoms with E-state index in [1.165, 1.54) is 32.8 Å². The first kappa shape index (κ1) is 19.6. The van der Waals surface area contributed by atoms with E-state index in [1.54, 1.807) is 4.90 Å². The van der Waals surface area contributed by atoms with Crippen LogP contribution in [0.1, 0.15) is 49.7 Å². The lowest BCUT2D eigenvalue weighted by atomic mass is 10.1. The molecule has 1 unspecified atom stereocenters. The Kier molecular flexibility index (Phi) is 7.03. The fourth-order valence-electron chi connectivity index (χ4n) is 3.60. The van der Waals surface area contributed by atoms with Crippen molar-refractivity contribution >= 4 is 12.0 Å². The van der Waals surface area contributed by atoms with Crippen LogP contribution in [-0.4, -0.2) is 67.0 Å². The Morgan fingerprint density at radius 1 is 1.30 bits per heavy atom. The molecular weight excluding hydrogens is 352 g/mol. The second-order valence-electron chi connectivity index (χ2n) is 7.19. The summed E-state index contributed by atoms with van der Waals surface area (Å²) in [6, 6.07) is -0.289. The molecule has 1 aromatic heterocycles. The summed E-state index contributed by atoms with van der Waals surface area (Å²) in [6.07, 6.45) is 6.58. The Morgan fingerprint density at radius 2 is 2.11 bits per heavy atom. The van der Waals surface area contributed by atoms with Crippen LogP contribution in [0, 0.1) is 5.92 Å². The van der Waals surface area contributed by atoms with Gasteiger partial charge in [0, 0.05) is 26.1 Å². The maximum Gasteiger partial charge on any atom is 0.325 e. The smallest absolute Gasteiger partial charge is 0.325 e. The Bertz CT molecular complexity index is 629. The minimum atomic E-state index is -0.476. The van der Waals surface area contributed by atoms with Crippen molar-refractivity contribution in [2.45, 2.75) is 44.4 Å². The van der Waals surface area contributed by atoms with E-state index in [2.05, 4.69) is 20.2 Å². The van der Waals surface area contributed by atoms with Crippen LogP contribution < -0.4 is 5.32 Å². The number of methoxy groups -OCH3 is 1. The van der Waals surface area contributed by atoms with Gasteiger partial charge in [0.05, 0.1) is 19.6 Å². The minimum Gasteiger partial charge on any atom is -0.468 e. The molecule has 27 heavy (non-hydrogen) atoms. The highest BCUT2D eigenvalue weighted by atomic mass is 16.5. The highest BCUT2D eigenvalue weighted by Crippen LogP contribution is 2.26. The van der Waals surface area contributed by atoms with E-state index in [9.17, 15) is 9.59 Å². The average Bonchev–Trinajstić information content (AvgIpc) is 3.43. The quantitative estimate of drug-likeness (QED) is 0.538. The summed E-state index contributed by atoms with van der Waals surface area (Å²) < 4.78 is 15.6. The molecule has 3 rings (SSSR count). The van der Waals surface area contributed by atoms with E-state index in [0.29, 0.717) is 43.8 Å². The molecule has 9 heteroatoms. The van der Waals surface area contributed by atoms with Crippen molar-refractivity contribution in [3.8, 4) is 0 Å². The highest BCUT2D eigenvalue weighted by molar-refractivity contribution is 5.80. The van der Waals surface area contributed by atoms with Gasteiger partial charge < -0.3 is 24.2 Å². The fraction of sp³-hybridized carbons (Fsp3) is 0.778. The van der Waals surface area contributed by atoms with Crippen LogP contribution in [0.3, 0.4) is 0 Å². The predicted octanol–water partition coefficient (Wildman–Crippen LogP) is 1.49. The number of hydrogen-bond donors (Lipinski definition) is 1. The number of aromatic nitrogens is 2. The zero-order valence-electron chi connectivity index (χ0n) is 15.8. The van der Waals surface area contributed by atoms with Gasteiger partial charge in [-0.1, -0.05) is 18.0 Å². The number of hydrogen-bond acceptors (Lipinski definition) is 7. The number of carbonyl (C=O) groups is 2. The van der Waals surface area contributed by atoms with Gasteiger partial charge in [0.25, 0.3) is 0 Å². The monoisotopic (exact) mass is 380 g/mol. The molecule has 1 aliphatic carbocycles. The molecule has 2 amide bonds. The second kappa shape index (κ2) is 9.68. The summed E-state index contributed by atoms with van der Waals surface area (Å²) in [7, 11) is 1.29. The van der Waals surface area contributed by atoms with Crippen LogP contribution in [0.2, 0.25) is 0 Å². The zero-order valence-corrected chi connectivity index (χ0v) is 15.8. The van der Waals surface area contributed by atoms with Gasteiger partial charge in [-0.25, -0.2) is 4.79 Å². The lowest BCUT2D eigenvalue weighted by Crippen LogP contribution is -2.40. The summed E-state index contributed by atoms with van der Waals surface area (Å²) in [5.41, 5.74) is 0. The molecule has 0 radical (unpaired) electrons. The van der Waals surface area contributed by atoms with Crippen molar-refractivity contribution in [1.29, 1.82) is 0 Å². The maximum atomic E-state index is 12.1. The van der Waals surface area contributed by atoms with Gasteiger partial charge in [-0.3, -0.25) is 4.79 Å². The van der Waals surface area contributed by atoms with Crippen molar-refractivity contribution in [2.24, 2.45) is 5.92 Å². The van der Waals surface area contributed by atoms with E-state index in [1.807, 2.05) is 0 Å². The minimum absolute atomic E-state index is 0.0227. The fourth-order valence-corrected chi connectivity index (χ4v) is 3.60. The maximum absolute atomic E-state index is 12.1. The molecule has 9 nitrogen and oxygen atoms in total. The third kappa shape index (κ3) is 5.66. The first-order chi connectivity index (χ1) is 13.2. The van der Waals surface area contributed by atoms with Crippen molar-refractivity contribution in [2.75, 3.05) is 40.0 Å². The largest absolute Gasteiger partial charge is 0.468 e. The molecule has 1 saturated carbocycles. The summed E-state index contributed by atoms with van der Waals surface area (Å²) in [6.45, 7) is 2.36. The van der Waals surface area contributed by atoms with Crippen LogP contribution in [0.5, 0.6) is 0 Å². The Hall–Kier alpha value is -2.16. The third-order valence-corrected chi connectivity index (χ3v) is 5.22. The summed E-state index contributed by atoms with van der Waals surface area (Å²) in [4.78, 5) is 29.3. The van der Waals surface area contributed by atoms with Gasteiger partial charge in [0.1, 0.15) is 6.54 Å². The predicted molar refractivity (Wildman–Crippen MR) is 95.1 cm³/mol. The molecule has 2 heterocycles. The molecule has 150 valence electrons.